The van der Waals surface area contributed by atoms with Gasteiger partial charge in [-0.3, -0.25) is 9.59 Å². The van der Waals surface area contributed by atoms with Gasteiger partial charge in [0.25, 0.3) is 5.91 Å². The summed E-state index contributed by atoms with van der Waals surface area (Å²) in [5.41, 5.74) is 1.14. The highest BCUT2D eigenvalue weighted by Crippen LogP contribution is 2.28. The molecule has 0 aliphatic rings. The van der Waals surface area contributed by atoms with Gasteiger partial charge in [-0.15, -0.1) is 11.8 Å². The average Bonchev–Trinajstić information content (AvgIpc) is 2.73. The Morgan fingerprint density at radius 3 is 2.59 bits per heavy atom. The van der Waals surface area contributed by atoms with E-state index < -0.39 is 0 Å². The normalized spacial score (nSPS) is 11.5. The van der Waals surface area contributed by atoms with Crippen LogP contribution in [-0.2, 0) is 4.79 Å². The van der Waals surface area contributed by atoms with E-state index in [0.29, 0.717) is 28.5 Å². The quantitative estimate of drug-likeness (QED) is 0.490. The molecule has 1 unspecified atom stereocenters. The lowest BCUT2D eigenvalue weighted by Crippen LogP contribution is -2.25. The molecule has 2 amide bonds. The number of halogens is 1. The smallest absolute Gasteiger partial charge is 0.255 e. The van der Waals surface area contributed by atoms with Gasteiger partial charge in [-0.05, 0) is 55.0 Å². The number of benzene rings is 2. The van der Waals surface area contributed by atoms with Crippen LogP contribution in [-0.4, -0.2) is 22.0 Å². The second-order valence-corrected chi connectivity index (χ2v) is 7.92. The number of anilines is 2. The Balaban J connectivity index is 1.66. The fraction of sp³-hybridized carbons (Fsp3) is 0.136. The van der Waals surface area contributed by atoms with E-state index >= 15 is 0 Å². The Labute approximate surface area is 178 Å². The molecular formula is C22H20ClN3O2S. The van der Waals surface area contributed by atoms with Crippen LogP contribution in [0.25, 0.3) is 0 Å². The van der Waals surface area contributed by atoms with E-state index in [1.54, 1.807) is 48.7 Å². The lowest BCUT2D eigenvalue weighted by Gasteiger charge is -2.15. The topological polar surface area (TPSA) is 71.1 Å². The summed E-state index contributed by atoms with van der Waals surface area (Å²) in [6, 6.07) is 19.6. The van der Waals surface area contributed by atoms with Crippen LogP contribution < -0.4 is 10.6 Å². The van der Waals surface area contributed by atoms with Crippen molar-refractivity contribution in [1.29, 1.82) is 0 Å². The first-order chi connectivity index (χ1) is 14.0. The van der Waals surface area contributed by atoms with E-state index in [1.807, 2.05) is 31.2 Å². The summed E-state index contributed by atoms with van der Waals surface area (Å²) in [7, 11) is 0. The van der Waals surface area contributed by atoms with Crippen LogP contribution in [0.5, 0.6) is 0 Å². The van der Waals surface area contributed by atoms with E-state index in [-0.39, 0.29) is 17.1 Å². The van der Waals surface area contributed by atoms with E-state index in [0.717, 1.165) is 4.90 Å². The molecule has 7 heteroatoms. The van der Waals surface area contributed by atoms with Crippen molar-refractivity contribution < 1.29 is 9.59 Å². The average molecular weight is 426 g/mol. The highest BCUT2D eigenvalue weighted by atomic mass is 35.5. The first kappa shape index (κ1) is 20.9. The molecule has 1 atom stereocenters. The summed E-state index contributed by atoms with van der Waals surface area (Å²) in [6.07, 6.45) is 2.29. The number of nitrogens with one attached hydrogen (secondary N) is 2. The molecule has 148 valence electrons. The molecule has 0 fully saturated rings. The zero-order valence-electron chi connectivity index (χ0n) is 15.8. The Morgan fingerprint density at radius 1 is 1.03 bits per heavy atom. The summed E-state index contributed by atoms with van der Waals surface area (Å²) >= 11 is 7.40. The minimum atomic E-state index is -0.282. The minimum Gasteiger partial charge on any atom is -0.322 e. The standard InChI is InChI=1S/C22H20ClN3O2S/c1-2-19(22(28)26-20-11-3-4-12-24-20)29-18-10-6-9-17(14-18)25-21(27)15-7-5-8-16(23)13-15/h3-14,19H,2H2,1H3,(H,25,27)(H,24,26,28). The van der Waals surface area contributed by atoms with Crippen molar-refractivity contribution >= 4 is 46.7 Å². The van der Waals surface area contributed by atoms with Crippen LogP contribution in [0.3, 0.4) is 0 Å². The maximum Gasteiger partial charge on any atom is 0.255 e. The van der Waals surface area contributed by atoms with Gasteiger partial charge in [-0.2, -0.15) is 0 Å². The zero-order chi connectivity index (χ0) is 20.6. The van der Waals surface area contributed by atoms with Crippen LogP contribution in [0.4, 0.5) is 11.5 Å². The van der Waals surface area contributed by atoms with Crippen molar-refractivity contribution in [3.8, 4) is 0 Å². The van der Waals surface area contributed by atoms with Gasteiger partial charge in [0.15, 0.2) is 0 Å². The summed E-state index contributed by atoms with van der Waals surface area (Å²) in [5.74, 6) is 0.179. The number of amides is 2. The number of hydrogen-bond acceptors (Lipinski definition) is 4. The van der Waals surface area contributed by atoms with Crippen LogP contribution in [0, 0.1) is 0 Å². The van der Waals surface area contributed by atoms with Crippen molar-refractivity contribution in [2.24, 2.45) is 0 Å². The predicted molar refractivity (Wildman–Crippen MR) is 119 cm³/mol. The summed E-state index contributed by atoms with van der Waals surface area (Å²) < 4.78 is 0. The van der Waals surface area contributed by atoms with Gasteiger partial charge in [0.1, 0.15) is 5.82 Å². The largest absolute Gasteiger partial charge is 0.322 e. The molecule has 2 N–H and O–H groups in total. The highest BCUT2D eigenvalue weighted by molar-refractivity contribution is 8.00. The SMILES string of the molecule is CCC(Sc1cccc(NC(=O)c2cccc(Cl)c2)c1)C(=O)Nc1ccccn1. The molecule has 0 spiro atoms. The third kappa shape index (κ3) is 6.07. The van der Waals surface area contributed by atoms with Crippen molar-refractivity contribution in [2.75, 3.05) is 10.6 Å². The number of carbonyl (C=O) groups is 2. The second kappa shape index (κ2) is 10.1. The molecule has 3 rings (SSSR count). The minimum absolute atomic E-state index is 0.107. The van der Waals surface area contributed by atoms with E-state index in [4.69, 9.17) is 11.6 Å². The number of pyridine rings is 1. The van der Waals surface area contributed by atoms with Gasteiger partial charge in [-0.1, -0.05) is 36.7 Å². The number of nitrogens with zero attached hydrogens (tertiary/aromatic N) is 1. The Bertz CT molecular complexity index is 998. The fourth-order valence-corrected chi connectivity index (χ4v) is 3.81. The van der Waals surface area contributed by atoms with Crippen molar-refractivity contribution in [1.82, 2.24) is 4.98 Å². The van der Waals surface area contributed by atoms with Gasteiger partial charge in [0.2, 0.25) is 5.91 Å². The first-order valence-corrected chi connectivity index (χ1v) is 10.4. The summed E-state index contributed by atoms with van der Waals surface area (Å²) in [4.78, 5) is 30.0. The summed E-state index contributed by atoms with van der Waals surface area (Å²) in [5, 5.41) is 5.92. The molecule has 3 aromatic rings. The Kier molecular flexibility index (Phi) is 7.27. The maximum atomic E-state index is 12.6. The van der Waals surface area contributed by atoms with Crippen LogP contribution in [0.2, 0.25) is 5.02 Å². The predicted octanol–water partition coefficient (Wildman–Crippen LogP) is 5.50. The van der Waals surface area contributed by atoms with Gasteiger partial charge < -0.3 is 10.6 Å². The number of hydrogen-bond donors (Lipinski definition) is 2. The Hall–Kier alpha value is -2.83. The molecule has 0 aliphatic heterocycles. The van der Waals surface area contributed by atoms with Crippen molar-refractivity contribution in [3.05, 3.63) is 83.5 Å². The molecule has 0 saturated carbocycles. The maximum absolute atomic E-state index is 12.6. The van der Waals surface area contributed by atoms with Crippen LogP contribution in [0.1, 0.15) is 23.7 Å². The molecule has 5 nitrogen and oxygen atoms in total. The highest BCUT2D eigenvalue weighted by Gasteiger charge is 2.18. The number of rotatable bonds is 7. The fourth-order valence-electron chi connectivity index (χ4n) is 2.61. The van der Waals surface area contributed by atoms with Gasteiger partial charge in [-0.25, -0.2) is 4.98 Å². The molecule has 0 aliphatic carbocycles. The van der Waals surface area contributed by atoms with Gasteiger partial charge in [0.05, 0.1) is 5.25 Å². The van der Waals surface area contributed by atoms with Crippen LogP contribution in [0.15, 0.2) is 77.8 Å². The van der Waals surface area contributed by atoms with Crippen LogP contribution >= 0.6 is 23.4 Å². The van der Waals surface area contributed by atoms with Gasteiger partial charge in [0, 0.05) is 27.4 Å². The van der Waals surface area contributed by atoms with E-state index in [9.17, 15) is 9.59 Å². The monoisotopic (exact) mass is 425 g/mol. The third-order valence-electron chi connectivity index (χ3n) is 4.04. The number of thioether (sulfide) groups is 1. The van der Waals surface area contributed by atoms with Crippen molar-refractivity contribution in [3.63, 3.8) is 0 Å². The van der Waals surface area contributed by atoms with E-state index in [1.165, 1.54) is 11.8 Å². The molecule has 0 bridgehead atoms. The lowest BCUT2D eigenvalue weighted by molar-refractivity contribution is -0.115. The Morgan fingerprint density at radius 2 is 1.86 bits per heavy atom. The molecule has 0 saturated heterocycles. The molecule has 0 radical (unpaired) electrons. The number of aromatic nitrogens is 1. The molecular weight excluding hydrogens is 406 g/mol. The second-order valence-electron chi connectivity index (χ2n) is 6.21. The third-order valence-corrected chi connectivity index (χ3v) is 5.63. The molecule has 29 heavy (non-hydrogen) atoms. The molecule has 1 heterocycles. The van der Waals surface area contributed by atoms with E-state index in [2.05, 4.69) is 15.6 Å². The lowest BCUT2D eigenvalue weighted by atomic mass is 10.2. The van der Waals surface area contributed by atoms with Crippen molar-refractivity contribution in [2.45, 2.75) is 23.5 Å². The molecule has 1 aromatic heterocycles. The number of carbonyl (C=O) groups excluding carboxylic acids is 2. The van der Waals surface area contributed by atoms with Gasteiger partial charge >= 0.3 is 0 Å². The zero-order valence-corrected chi connectivity index (χ0v) is 17.3. The molecule has 2 aromatic carbocycles. The first-order valence-electron chi connectivity index (χ1n) is 9.10. The summed E-state index contributed by atoms with van der Waals surface area (Å²) in [6.45, 7) is 1.96.